The van der Waals surface area contributed by atoms with Gasteiger partial charge in [0, 0.05) is 7.11 Å². The van der Waals surface area contributed by atoms with Crippen molar-refractivity contribution in [3.63, 3.8) is 0 Å². The van der Waals surface area contributed by atoms with Gasteiger partial charge in [0.05, 0.1) is 23.1 Å². The molecule has 1 aromatic rings. The Hall–Kier alpha value is -0.880. The predicted octanol–water partition coefficient (Wildman–Crippen LogP) is 3.09. The standard InChI is InChI=1S/C16H22ClFN2O2.ClH/c1-11(12-3-4-14(18)13(17)9-12)20-15(21)16(10-22-2)5-7-19-8-6-16;/h3-4,9,11,19H,5-8,10H2,1-2H3,(H,20,21);1H. The van der Waals surface area contributed by atoms with Crippen LogP contribution in [0.4, 0.5) is 4.39 Å². The largest absolute Gasteiger partial charge is 0.384 e. The van der Waals surface area contributed by atoms with Crippen LogP contribution >= 0.6 is 24.0 Å². The Bertz CT molecular complexity index is 531. The van der Waals surface area contributed by atoms with Crippen LogP contribution in [-0.4, -0.2) is 32.7 Å². The van der Waals surface area contributed by atoms with E-state index in [2.05, 4.69) is 10.6 Å². The first kappa shape index (κ1) is 20.2. The fraction of sp³-hybridized carbons (Fsp3) is 0.562. The van der Waals surface area contributed by atoms with Gasteiger partial charge >= 0.3 is 0 Å². The summed E-state index contributed by atoms with van der Waals surface area (Å²) in [6.07, 6.45) is 1.48. The summed E-state index contributed by atoms with van der Waals surface area (Å²) >= 11 is 5.80. The zero-order chi connectivity index (χ0) is 16.2. The van der Waals surface area contributed by atoms with Gasteiger partial charge in [-0.25, -0.2) is 4.39 Å². The number of ether oxygens (including phenoxy) is 1. The number of rotatable bonds is 5. The van der Waals surface area contributed by atoms with Crippen molar-refractivity contribution in [1.29, 1.82) is 0 Å². The zero-order valence-corrected chi connectivity index (χ0v) is 14.9. The maximum atomic E-state index is 13.2. The number of hydrogen-bond acceptors (Lipinski definition) is 3. The van der Waals surface area contributed by atoms with Crippen molar-refractivity contribution < 1.29 is 13.9 Å². The van der Waals surface area contributed by atoms with Crippen molar-refractivity contribution in [2.45, 2.75) is 25.8 Å². The molecule has 1 aliphatic heterocycles. The van der Waals surface area contributed by atoms with Crippen molar-refractivity contribution in [3.8, 4) is 0 Å². The monoisotopic (exact) mass is 364 g/mol. The van der Waals surface area contributed by atoms with Crippen molar-refractivity contribution in [3.05, 3.63) is 34.6 Å². The van der Waals surface area contributed by atoms with Gasteiger partial charge in [0.2, 0.25) is 5.91 Å². The lowest BCUT2D eigenvalue weighted by atomic mass is 9.78. The molecule has 2 N–H and O–H groups in total. The van der Waals surface area contributed by atoms with Crippen LogP contribution in [0.15, 0.2) is 18.2 Å². The molecule has 1 atom stereocenters. The highest BCUT2D eigenvalue weighted by molar-refractivity contribution is 6.30. The molecule has 1 saturated heterocycles. The Morgan fingerprint density at radius 3 is 2.70 bits per heavy atom. The van der Waals surface area contributed by atoms with Crippen LogP contribution in [-0.2, 0) is 9.53 Å². The minimum Gasteiger partial charge on any atom is -0.384 e. The van der Waals surface area contributed by atoms with Gasteiger partial charge in [0.15, 0.2) is 0 Å². The summed E-state index contributed by atoms with van der Waals surface area (Å²) in [7, 11) is 1.61. The lowest BCUT2D eigenvalue weighted by molar-refractivity contribution is -0.136. The maximum Gasteiger partial charge on any atom is 0.229 e. The second-order valence-electron chi connectivity index (χ2n) is 5.83. The number of methoxy groups -OCH3 is 1. The minimum atomic E-state index is -0.502. The van der Waals surface area contributed by atoms with Gasteiger partial charge in [-0.3, -0.25) is 4.79 Å². The number of hydrogen-bond donors (Lipinski definition) is 2. The Labute approximate surface area is 147 Å². The number of benzene rings is 1. The molecule has 0 aliphatic carbocycles. The van der Waals surface area contributed by atoms with E-state index in [0.717, 1.165) is 31.5 Å². The first-order valence-corrected chi connectivity index (χ1v) is 7.82. The lowest BCUT2D eigenvalue weighted by Crippen LogP contribution is -2.50. The van der Waals surface area contributed by atoms with Crippen LogP contribution in [0.25, 0.3) is 0 Å². The van der Waals surface area contributed by atoms with Gasteiger partial charge in [-0.1, -0.05) is 17.7 Å². The summed E-state index contributed by atoms with van der Waals surface area (Å²) in [6, 6.07) is 4.26. The molecule has 1 aliphatic rings. The van der Waals surface area contributed by atoms with Gasteiger partial charge in [-0.2, -0.15) is 0 Å². The first-order chi connectivity index (χ1) is 10.5. The molecule has 4 nitrogen and oxygen atoms in total. The number of carbonyl (C=O) groups is 1. The van der Waals surface area contributed by atoms with E-state index in [9.17, 15) is 9.18 Å². The molecule has 1 aromatic carbocycles. The summed E-state index contributed by atoms with van der Waals surface area (Å²) in [5, 5.41) is 6.33. The number of nitrogens with one attached hydrogen (secondary N) is 2. The maximum absolute atomic E-state index is 13.2. The van der Waals surface area contributed by atoms with Gasteiger partial charge in [-0.15, -0.1) is 12.4 Å². The molecule has 0 saturated carbocycles. The lowest BCUT2D eigenvalue weighted by Gasteiger charge is -2.36. The number of carbonyl (C=O) groups excluding carboxylic acids is 1. The average molecular weight is 365 g/mol. The van der Waals surface area contributed by atoms with Crippen LogP contribution in [0.5, 0.6) is 0 Å². The van der Waals surface area contributed by atoms with E-state index in [0.29, 0.717) is 6.61 Å². The molecule has 1 heterocycles. The fourth-order valence-corrected chi connectivity index (χ4v) is 3.02. The second-order valence-corrected chi connectivity index (χ2v) is 6.24. The fourth-order valence-electron chi connectivity index (χ4n) is 2.83. The Morgan fingerprint density at radius 2 is 2.13 bits per heavy atom. The molecule has 0 radical (unpaired) electrons. The van der Waals surface area contributed by atoms with E-state index in [4.69, 9.17) is 16.3 Å². The summed E-state index contributed by atoms with van der Waals surface area (Å²) in [4.78, 5) is 12.7. The smallest absolute Gasteiger partial charge is 0.229 e. The third kappa shape index (κ3) is 4.80. The molecule has 7 heteroatoms. The molecule has 0 bridgehead atoms. The molecule has 0 spiro atoms. The third-order valence-corrected chi connectivity index (χ3v) is 4.54. The third-order valence-electron chi connectivity index (χ3n) is 4.25. The molecule has 0 aromatic heterocycles. The van der Waals surface area contributed by atoms with Crippen molar-refractivity contribution in [1.82, 2.24) is 10.6 Å². The first-order valence-electron chi connectivity index (χ1n) is 7.44. The number of amides is 1. The highest BCUT2D eigenvalue weighted by Crippen LogP contribution is 2.31. The van der Waals surface area contributed by atoms with E-state index in [1.54, 1.807) is 19.2 Å². The van der Waals surface area contributed by atoms with E-state index < -0.39 is 11.2 Å². The molecule has 1 fully saturated rings. The number of piperidine rings is 1. The van der Waals surface area contributed by atoms with Crippen LogP contribution in [0.1, 0.15) is 31.4 Å². The Morgan fingerprint density at radius 1 is 1.48 bits per heavy atom. The molecule has 2 rings (SSSR count). The molecule has 23 heavy (non-hydrogen) atoms. The van der Waals surface area contributed by atoms with Crippen molar-refractivity contribution in [2.75, 3.05) is 26.8 Å². The summed E-state index contributed by atoms with van der Waals surface area (Å²) < 4.78 is 18.5. The van der Waals surface area contributed by atoms with Crippen LogP contribution < -0.4 is 10.6 Å². The topological polar surface area (TPSA) is 50.4 Å². The van der Waals surface area contributed by atoms with Crippen molar-refractivity contribution in [2.24, 2.45) is 5.41 Å². The van der Waals surface area contributed by atoms with Gasteiger partial charge in [0.25, 0.3) is 0 Å². The van der Waals surface area contributed by atoms with Gasteiger partial charge in [0.1, 0.15) is 5.82 Å². The van der Waals surface area contributed by atoms with E-state index in [1.807, 2.05) is 6.92 Å². The highest BCUT2D eigenvalue weighted by atomic mass is 35.5. The SMILES string of the molecule is COCC1(C(=O)NC(C)c2ccc(F)c(Cl)c2)CCNCC1.Cl. The van der Waals surface area contributed by atoms with Crippen LogP contribution in [0.3, 0.4) is 0 Å². The molecular formula is C16H23Cl2FN2O2. The Balaban J connectivity index is 0.00000264. The summed E-state index contributed by atoms with van der Waals surface area (Å²) in [6.45, 7) is 3.86. The van der Waals surface area contributed by atoms with E-state index >= 15 is 0 Å². The molecule has 1 unspecified atom stereocenters. The number of halogens is 3. The van der Waals surface area contributed by atoms with E-state index in [1.165, 1.54) is 6.07 Å². The molecular weight excluding hydrogens is 342 g/mol. The summed E-state index contributed by atoms with van der Waals surface area (Å²) in [5.41, 5.74) is 0.277. The van der Waals surface area contributed by atoms with Gasteiger partial charge in [-0.05, 0) is 50.6 Å². The average Bonchev–Trinajstić information content (AvgIpc) is 2.51. The molecule has 130 valence electrons. The predicted molar refractivity (Wildman–Crippen MR) is 91.6 cm³/mol. The Kier molecular flexibility index (Phi) is 7.74. The highest BCUT2D eigenvalue weighted by Gasteiger charge is 2.40. The summed E-state index contributed by atoms with van der Waals surface area (Å²) in [5.74, 6) is -0.484. The minimum absolute atomic E-state index is 0. The van der Waals surface area contributed by atoms with Crippen LogP contribution in [0, 0.1) is 11.2 Å². The van der Waals surface area contributed by atoms with Gasteiger partial charge < -0.3 is 15.4 Å². The van der Waals surface area contributed by atoms with Crippen LogP contribution in [0.2, 0.25) is 5.02 Å². The quantitative estimate of drug-likeness (QED) is 0.843. The van der Waals surface area contributed by atoms with Crippen molar-refractivity contribution >= 4 is 29.9 Å². The van der Waals surface area contributed by atoms with E-state index in [-0.39, 0.29) is 29.4 Å². The zero-order valence-electron chi connectivity index (χ0n) is 13.3. The second kappa shape index (κ2) is 8.83. The normalized spacial score (nSPS) is 17.9. The molecule has 1 amide bonds.